The van der Waals surface area contributed by atoms with Gasteiger partial charge in [0.1, 0.15) is 5.54 Å². The Morgan fingerprint density at radius 3 is 2.67 bits per heavy atom. The van der Waals surface area contributed by atoms with E-state index in [-0.39, 0.29) is 0 Å². The van der Waals surface area contributed by atoms with E-state index in [1.807, 2.05) is 6.92 Å². The zero-order valence-corrected chi connectivity index (χ0v) is 12.5. The average Bonchev–Trinajstić information content (AvgIpc) is 2.35. The Kier molecular flexibility index (Phi) is 5.71. The number of benzene rings is 1. The van der Waals surface area contributed by atoms with E-state index in [2.05, 4.69) is 50.4 Å². The molecule has 1 aromatic carbocycles. The second-order valence-corrected chi connectivity index (χ2v) is 5.95. The lowest BCUT2D eigenvalue weighted by atomic mass is 10.1. The number of nitrogens with one attached hydrogen (secondary N) is 1. The second-order valence-electron chi connectivity index (χ2n) is 4.93. The van der Waals surface area contributed by atoms with E-state index >= 15 is 0 Å². The maximum Gasteiger partial charge on any atom is 0.113 e. The van der Waals surface area contributed by atoms with Gasteiger partial charge in [0.05, 0.1) is 6.07 Å². The molecule has 1 atom stereocenters. The van der Waals surface area contributed by atoms with Crippen LogP contribution >= 0.6 is 11.8 Å². The summed E-state index contributed by atoms with van der Waals surface area (Å²) in [5.74, 6) is 0.771. The SMILES string of the molecule is CCCNC(C)(C#N)CSc1ccc(C)cc1C. The zero-order valence-electron chi connectivity index (χ0n) is 11.7. The quantitative estimate of drug-likeness (QED) is 0.794. The molecule has 1 N–H and O–H groups in total. The Balaban J connectivity index is 2.65. The highest BCUT2D eigenvalue weighted by Crippen LogP contribution is 2.26. The van der Waals surface area contributed by atoms with Crippen LogP contribution in [0.1, 0.15) is 31.4 Å². The summed E-state index contributed by atoms with van der Waals surface area (Å²) in [6.45, 7) is 9.20. The van der Waals surface area contributed by atoms with Crippen LogP contribution in [0.15, 0.2) is 23.1 Å². The van der Waals surface area contributed by atoms with Gasteiger partial charge >= 0.3 is 0 Å². The summed E-state index contributed by atoms with van der Waals surface area (Å²) in [6, 6.07) is 8.84. The minimum atomic E-state index is -0.446. The highest BCUT2D eigenvalue weighted by Gasteiger charge is 2.23. The third kappa shape index (κ3) is 4.36. The summed E-state index contributed by atoms with van der Waals surface area (Å²) < 4.78 is 0. The molecule has 0 heterocycles. The second kappa shape index (κ2) is 6.82. The molecule has 0 saturated heterocycles. The Morgan fingerprint density at radius 1 is 1.39 bits per heavy atom. The van der Waals surface area contributed by atoms with Crippen molar-refractivity contribution in [2.24, 2.45) is 0 Å². The number of aryl methyl sites for hydroxylation is 2. The van der Waals surface area contributed by atoms with Gasteiger partial charge in [0.15, 0.2) is 0 Å². The third-order valence-electron chi connectivity index (χ3n) is 2.86. The van der Waals surface area contributed by atoms with E-state index in [9.17, 15) is 5.26 Å². The Morgan fingerprint density at radius 2 is 2.11 bits per heavy atom. The Hall–Kier alpha value is -0.980. The first kappa shape index (κ1) is 15.1. The van der Waals surface area contributed by atoms with Crippen molar-refractivity contribution in [2.45, 2.75) is 44.6 Å². The standard InChI is InChI=1S/C15H22N2S/c1-5-8-17-15(4,10-16)11-18-14-7-6-12(2)9-13(14)3/h6-7,9,17H,5,8,11H2,1-4H3. The van der Waals surface area contributed by atoms with Crippen molar-refractivity contribution < 1.29 is 0 Å². The number of nitriles is 1. The first-order valence-corrected chi connectivity index (χ1v) is 7.35. The van der Waals surface area contributed by atoms with E-state index in [0.717, 1.165) is 18.7 Å². The van der Waals surface area contributed by atoms with Crippen LogP contribution < -0.4 is 5.32 Å². The van der Waals surface area contributed by atoms with Gasteiger partial charge in [-0.3, -0.25) is 5.32 Å². The molecule has 0 saturated carbocycles. The van der Waals surface area contributed by atoms with Crippen LogP contribution in [0.3, 0.4) is 0 Å². The fourth-order valence-electron chi connectivity index (χ4n) is 1.71. The molecule has 0 fully saturated rings. The average molecular weight is 262 g/mol. The van der Waals surface area contributed by atoms with Crippen molar-refractivity contribution in [1.29, 1.82) is 5.26 Å². The first-order chi connectivity index (χ1) is 8.50. The lowest BCUT2D eigenvalue weighted by Gasteiger charge is -2.23. The van der Waals surface area contributed by atoms with E-state index in [1.54, 1.807) is 11.8 Å². The predicted octanol–water partition coefficient (Wildman–Crippen LogP) is 3.68. The van der Waals surface area contributed by atoms with E-state index in [4.69, 9.17) is 0 Å². The lowest BCUT2D eigenvalue weighted by Crippen LogP contribution is -2.43. The van der Waals surface area contributed by atoms with Crippen LogP contribution in [0.4, 0.5) is 0 Å². The molecule has 0 radical (unpaired) electrons. The summed E-state index contributed by atoms with van der Waals surface area (Å²) in [5, 5.41) is 12.6. The maximum atomic E-state index is 9.28. The van der Waals surface area contributed by atoms with E-state index in [1.165, 1.54) is 16.0 Å². The van der Waals surface area contributed by atoms with Crippen LogP contribution in [0.2, 0.25) is 0 Å². The fourth-order valence-corrected chi connectivity index (χ4v) is 2.77. The van der Waals surface area contributed by atoms with E-state index < -0.39 is 5.54 Å². The van der Waals surface area contributed by atoms with Gasteiger partial charge in [-0.05, 0) is 45.4 Å². The molecule has 0 aliphatic heterocycles. The van der Waals surface area contributed by atoms with Gasteiger partial charge in [-0.15, -0.1) is 11.8 Å². The van der Waals surface area contributed by atoms with Crippen LogP contribution in [0, 0.1) is 25.2 Å². The fraction of sp³-hybridized carbons (Fsp3) is 0.533. The van der Waals surface area contributed by atoms with Gasteiger partial charge < -0.3 is 0 Å². The van der Waals surface area contributed by atoms with Gasteiger partial charge in [0, 0.05) is 10.6 Å². The molecular formula is C15H22N2S. The third-order valence-corrected chi connectivity index (χ3v) is 4.35. The van der Waals surface area contributed by atoms with Gasteiger partial charge in [-0.2, -0.15) is 5.26 Å². The normalized spacial score (nSPS) is 13.9. The Bertz CT molecular complexity index is 437. The molecule has 2 nitrogen and oxygen atoms in total. The summed E-state index contributed by atoms with van der Waals surface area (Å²) in [7, 11) is 0. The van der Waals surface area contributed by atoms with Crippen molar-refractivity contribution in [3.8, 4) is 6.07 Å². The number of hydrogen-bond acceptors (Lipinski definition) is 3. The van der Waals surface area contributed by atoms with Gasteiger partial charge in [0.25, 0.3) is 0 Å². The molecule has 1 aromatic rings. The zero-order chi connectivity index (χ0) is 13.6. The highest BCUT2D eigenvalue weighted by molar-refractivity contribution is 7.99. The van der Waals surface area contributed by atoms with E-state index in [0.29, 0.717) is 0 Å². The van der Waals surface area contributed by atoms with Crippen LogP contribution in [0.5, 0.6) is 0 Å². The highest BCUT2D eigenvalue weighted by atomic mass is 32.2. The molecule has 3 heteroatoms. The molecule has 0 aliphatic carbocycles. The van der Waals surface area contributed by atoms with Crippen LogP contribution in [-0.4, -0.2) is 17.8 Å². The lowest BCUT2D eigenvalue weighted by molar-refractivity contribution is 0.493. The van der Waals surface area contributed by atoms with Crippen LogP contribution in [-0.2, 0) is 0 Å². The van der Waals surface area contributed by atoms with Crippen molar-refractivity contribution >= 4 is 11.8 Å². The predicted molar refractivity (Wildman–Crippen MR) is 79.0 cm³/mol. The number of thioether (sulfide) groups is 1. The molecular weight excluding hydrogens is 240 g/mol. The van der Waals surface area contributed by atoms with Gasteiger partial charge in [0.2, 0.25) is 0 Å². The minimum absolute atomic E-state index is 0.446. The molecule has 1 unspecified atom stereocenters. The monoisotopic (exact) mass is 262 g/mol. The Labute approximate surface area is 115 Å². The first-order valence-electron chi connectivity index (χ1n) is 6.37. The van der Waals surface area contributed by atoms with Crippen molar-refractivity contribution in [2.75, 3.05) is 12.3 Å². The topological polar surface area (TPSA) is 35.8 Å². The van der Waals surface area contributed by atoms with Crippen molar-refractivity contribution in [3.05, 3.63) is 29.3 Å². The molecule has 0 aliphatic rings. The molecule has 0 spiro atoms. The number of rotatable bonds is 6. The molecule has 0 amide bonds. The molecule has 98 valence electrons. The van der Waals surface area contributed by atoms with Crippen molar-refractivity contribution in [1.82, 2.24) is 5.32 Å². The largest absolute Gasteiger partial charge is 0.299 e. The van der Waals surface area contributed by atoms with Crippen LogP contribution in [0.25, 0.3) is 0 Å². The molecule has 0 bridgehead atoms. The number of hydrogen-bond donors (Lipinski definition) is 1. The maximum absolute atomic E-state index is 9.28. The summed E-state index contributed by atoms with van der Waals surface area (Å²) in [4.78, 5) is 1.26. The number of nitrogens with zero attached hydrogens (tertiary/aromatic N) is 1. The molecule has 0 aromatic heterocycles. The molecule has 18 heavy (non-hydrogen) atoms. The minimum Gasteiger partial charge on any atom is -0.299 e. The van der Waals surface area contributed by atoms with Crippen molar-refractivity contribution in [3.63, 3.8) is 0 Å². The van der Waals surface area contributed by atoms with Gasteiger partial charge in [-0.1, -0.05) is 24.6 Å². The molecule has 1 rings (SSSR count). The van der Waals surface area contributed by atoms with Gasteiger partial charge in [-0.25, -0.2) is 0 Å². The summed E-state index contributed by atoms with van der Waals surface area (Å²) >= 11 is 1.75. The summed E-state index contributed by atoms with van der Waals surface area (Å²) in [6.07, 6.45) is 1.05. The smallest absolute Gasteiger partial charge is 0.113 e. The summed E-state index contributed by atoms with van der Waals surface area (Å²) in [5.41, 5.74) is 2.12.